The molecule has 7 nitrogen and oxygen atoms in total. The number of H-pyrrole nitrogens is 1. The molecule has 190 valence electrons. The summed E-state index contributed by atoms with van der Waals surface area (Å²) < 4.78 is 0. The molecule has 1 fully saturated rings. The van der Waals surface area contributed by atoms with E-state index in [2.05, 4.69) is 52.9 Å². The van der Waals surface area contributed by atoms with E-state index in [1.807, 2.05) is 41.4 Å². The molecule has 1 saturated heterocycles. The molecule has 0 saturated carbocycles. The molecule has 1 N–H and O–H groups in total. The molecular formula is C30H27ClN6O. The maximum Gasteiger partial charge on any atom is 0.246 e. The normalized spacial score (nSPS) is 13.8. The number of aromatic nitrogens is 4. The van der Waals surface area contributed by atoms with Crippen LogP contribution in [0.2, 0.25) is 5.02 Å². The van der Waals surface area contributed by atoms with Gasteiger partial charge in [-0.05, 0) is 47.9 Å². The van der Waals surface area contributed by atoms with Gasteiger partial charge in [0.05, 0.1) is 17.4 Å². The highest BCUT2D eigenvalue weighted by atomic mass is 35.5. The summed E-state index contributed by atoms with van der Waals surface area (Å²) in [4.78, 5) is 16.1. The number of amides is 1. The topological polar surface area (TPSA) is 78.0 Å². The van der Waals surface area contributed by atoms with Gasteiger partial charge in [-0.1, -0.05) is 54.6 Å². The molecule has 0 unspecified atom stereocenters. The highest BCUT2D eigenvalue weighted by Gasteiger charge is 2.24. The van der Waals surface area contributed by atoms with Crippen LogP contribution in [0.1, 0.15) is 16.8 Å². The van der Waals surface area contributed by atoms with E-state index in [0.29, 0.717) is 37.6 Å². The minimum atomic E-state index is -0.0460. The van der Waals surface area contributed by atoms with Crippen molar-refractivity contribution in [3.05, 3.63) is 95.3 Å². The van der Waals surface area contributed by atoms with Crippen molar-refractivity contribution in [3.8, 4) is 11.1 Å². The Labute approximate surface area is 225 Å². The summed E-state index contributed by atoms with van der Waals surface area (Å²) in [5.41, 5.74) is 6.14. The van der Waals surface area contributed by atoms with Gasteiger partial charge in [-0.15, -0.1) is 5.10 Å². The summed E-state index contributed by atoms with van der Waals surface area (Å²) in [7, 11) is 0. The Kier molecular flexibility index (Phi) is 6.29. The fourth-order valence-electron chi connectivity index (χ4n) is 5.31. The van der Waals surface area contributed by atoms with Crippen molar-refractivity contribution in [1.82, 2.24) is 25.3 Å². The number of carbonyl (C=O) groups excluding carboxylic acids is 1. The van der Waals surface area contributed by atoms with E-state index >= 15 is 0 Å². The van der Waals surface area contributed by atoms with Gasteiger partial charge >= 0.3 is 0 Å². The molecule has 1 aliphatic rings. The lowest BCUT2D eigenvalue weighted by Crippen LogP contribution is -2.48. The van der Waals surface area contributed by atoms with Gasteiger partial charge in [0, 0.05) is 59.3 Å². The first kappa shape index (κ1) is 24.1. The number of hydrogen-bond acceptors (Lipinski definition) is 5. The van der Waals surface area contributed by atoms with Crippen molar-refractivity contribution in [3.63, 3.8) is 0 Å². The molecular weight excluding hydrogens is 496 g/mol. The average Bonchev–Trinajstić information content (AvgIpc) is 3.42. The van der Waals surface area contributed by atoms with Crippen LogP contribution in [0.3, 0.4) is 0 Å². The number of aryl methyl sites for hydroxylation is 1. The van der Waals surface area contributed by atoms with Gasteiger partial charge in [0.1, 0.15) is 0 Å². The molecule has 0 spiro atoms. The molecule has 0 bridgehead atoms. The summed E-state index contributed by atoms with van der Waals surface area (Å²) in [5.74, 6) is 0.740. The van der Waals surface area contributed by atoms with Crippen LogP contribution in [0, 0.1) is 6.92 Å². The second-order valence-electron chi connectivity index (χ2n) is 9.62. The number of benzene rings is 3. The Bertz CT molecular complexity index is 1670. The van der Waals surface area contributed by atoms with Crippen molar-refractivity contribution in [2.24, 2.45) is 0 Å². The third kappa shape index (κ3) is 4.29. The minimum absolute atomic E-state index is 0.0460. The van der Waals surface area contributed by atoms with Gasteiger partial charge in [0.25, 0.3) is 0 Å². The quantitative estimate of drug-likeness (QED) is 0.306. The third-order valence-electron chi connectivity index (χ3n) is 7.31. The smallest absolute Gasteiger partial charge is 0.246 e. The predicted molar refractivity (Wildman–Crippen MR) is 153 cm³/mol. The van der Waals surface area contributed by atoms with Crippen molar-refractivity contribution in [2.45, 2.75) is 13.3 Å². The number of aromatic amines is 1. The number of nitrogens with one attached hydrogen (secondary N) is 1. The second-order valence-corrected chi connectivity index (χ2v) is 10.0. The maximum atomic E-state index is 12.1. The summed E-state index contributed by atoms with van der Waals surface area (Å²) >= 11 is 7.02. The SMILES string of the molecule is C=CC(=O)N1CCN(c2nnc(Cc3ccccc3)c3cc(-c4c(C)ccc5[nH]ncc45)c(Cl)cc23)CC1. The Morgan fingerprint density at radius 3 is 2.58 bits per heavy atom. The third-order valence-corrected chi connectivity index (χ3v) is 7.62. The van der Waals surface area contributed by atoms with E-state index in [1.54, 1.807) is 0 Å². The molecule has 8 heteroatoms. The Morgan fingerprint density at radius 2 is 1.82 bits per heavy atom. The van der Waals surface area contributed by atoms with Gasteiger partial charge in [0.2, 0.25) is 5.91 Å². The lowest BCUT2D eigenvalue weighted by Gasteiger charge is -2.35. The van der Waals surface area contributed by atoms with Gasteiger partial charge in [-0.2, -0.15) is 10.2 Å². The van der Waals surface area contributed by atoms with Crippen molar-refractivity contribution in [2.75, 3.05) is 31.1 Å². The van der Waals surface area contributed by atoms with E-state index in [0.717, 1.165) is 55.4 Å². The molecule has 1 amide bonds. The Morgan fingerprint density at radius 1 is 1.03 bits per heavy atom. The number of nitrogens with zero attached hydrogens (tertiary/aromatic N) is 5. The monoisotopic (exact) mass is 522 g/mol. The number of fused-ring (bicyclic) bond motifs is 2. The number of halogens is 1. The number of hydrogen-bond donors (Lipinski definition) is 1. The molecule has 0 radical (unpaired) electrons. The summed E-state index contributed by atoms with van der Waals surface area (Å²) in [5, 5.41) is 20.4. The zero-order valence-corrected chi connectivity index (χ0v) is 21.9. The van der Waals surface area contributed by atoms with Crippen LogP contribution in [0.15, 0.2) is 73.4 Å². The van der Waals surface area contributed by atoms with Crippen molar-refractivity contribution >= 4 is 45.0 Å². The molecule has 1 aliphatic heterocycles. The number of carbonyl (C=O) groups is 1. The first-order chi connectivity index (χ1) is 18.5. The fraction of sp³-hybridized carbons (Fsp3) is 0.200. The number of anilines is 1. The average molecular weight is 523 g/mol. The first-order valence-corrected chi connectivity index (χ1v) is 13.0. The summed E-state index contributed by atoms with van der Waals surface area (Å²) in [6, 6.07) is 18.6. The van der Waals surface area contributed by atoms with E-state index in [-0.39, 0.29) is 5.91 Å². The van der Waals surface area contributed by atoms with E-state index in [1.165, 1.54) is 6.08 Å². The second kappa shape index (κ2) is 9.91. The summed E-state index contributed by atoms with van der Waals surface area (Å²) in [6.07, 6.45) is 3.87. The van der Waals surface area contributed by atoms with E-state index < -0.39 is 0 Å². The van der Waals surface area contributed by atoms with Crippen LogP contribution in [0.25, 0.3) is 32.8 Å². The van der Waals surface area contributed by atoms with Crippen molar-refractivity contribution < 1.29 is 4.79 Å². The standard InChI is InChI=1S/C30H27ClN6O/c1-3-28(38)36-11-13-37(14-12-36)30-22-17-25(31)23(29-19(2)9-10-26-24(29)18-32-33-26)16-21(22)27(34-35-30)15-20-7-5-4-6-8-20/h3-10,16-18H,1,11-15H2,2H3,(H,32,33). The van der Waals surface area contributed by atoms with Gasteiger partial charge < -0.3 is 9.80 Å². The van der Waals surface area contributed by atoms with E-state index in [9.17, 15) is 4.79 Å². The fourth-order valence-corrected chi connectivity index (χ4v) is 5.57. The van der Waals surface area contributed by atoms with E-state index in [4.69, 9.17) is 21.8 Å². The Balaban J connectivity index is 1.50. The molecule has 3 aromatic carbocycles. The van der Waals surface area contributed by atoms with Gasteiger partial charge in [-0.3, -0.25) is 9.89 Å². The van der Waals surface area contributed by atoms with Crippen LogP contribution < -0.4 is 4.90 Å². The van der Waals surface area contributed by atoms with Crippen LogP contribution in [-0.2, 0) is 11.2 Å². The Hall–Kier alpha value is -4.23. The van der Waals surface area contributed by atoms with Crippen LogP contribution in [0.5, 0.6) is 0 Å². The highest BCUT2D eigenvalue weighted by Crippen LogP contribution is 2.40. The predicted octanol–water partition coefficient (Wildman–Crippen LogP) is 5.56. The lowest BCUT2D eigenvalue weighted by atomic mass is 9.94. The first-order valence-electron chi connectivity index (χ1n) is 12.7. The molecule has 6 rings (SSSR count). The zero-order chi connectivity index (χ0) is 26.2. The summed E-state index contributed by atoms with van der Waals surface area (Å²) in [6.45, 7) is 8.24. The van der Waals surface area contributed by atoms with Crippen LogP contribution in [-0.4, -0.2) is 57.4 Å². The van der Waals surface area contributed by atoms with Crippen LogP contribution in [0.4, 0.5) is 5.82 Å². The van der Waals surface area contributed by atoms with Crippen LogP contribution >= 0.6 is 11.6 Å². The molecule has 38 heavy (non-hydrogen) atoms. The van der Waals surface area contributed by atoms with Crippen molar-refractivity contribution in [1.29, 1.82) is 0 Å². The minimum Gasteiger partial charge on any atom is -0.351 e. The van der Waals surface area contributed by atoms with Gasteiger partial charge in [-0.25, -0.2) is 0 Å². The largest absolute Gasteiger partial charge is 0.351 e. The van der Waals surface area contributed by atoms with Gasteiger partial charge in [0.15, 0.2) is 5.82 Å². The molecule has 5 aromatic rings. The lowest BCUT2D eigenvalue weighted by molar-refractivity contribution is -0.126. The number of rotatable bonds is 5. The molecule has 2 aromatic heterocycles. The highest BCUT2D eigenvalue weighted by molar-refractivity contribution is 6.35. The maximum absolute atomic E-state index is 12.1. The number of piperazine rings is 1. The molecule has 0 aliphatic carbocycles. The molecule has 3 heterocycles. The molecule has 0 atom stereocenters. The zero-order valence-electron chi connectivity index (χ0n) is 21.1.